The van der Waals surface area contributed by atoms with Crippen molar-refractivity contribution < 1.29 is 4.79 Å². The van der Waals surface area contributed by atoms with Crippen LogP contribution >= 0.6 is 0 Å². The first-order valence-corrected chi connectivity index (χ1v) is 6.18. The standard InChI is InChI=1S/C12H22N2O/c1-9-4-3-5-10(8-9)13-11-6-7-14(2)12(11)15/h9-11,13H,3-8H2,1-2H3. The number of rotatable bonds is 2. The van der Waals surface area contributed by atoms with Crippen molar-refractivity contribution in [2.24, 2.45) is 5.92 Å². The lowest BCUT2D eigenvalue weighted by Crippen LogP contribution is -2.44. The predicted molar refractivity (Wildman–Crippen MR) is 60.6 cm³/mol. The van der Waals surface area contributed by atoms with E-state index in [0.29, 0.717) is 6.04 Å². The van der Waals surface area contributed by atoms with Gasteiger partial charge < -0.3 is 10.2 Å². The third kappa shape index (κ3) is 2.51. The van der Waals surface area contributed by atoms with Crippen LogP contribution in [0.25, 0.3) is 0 Å². The smallest absolute Gasteiger partial charge is 0.239 e. The number of amides is 1. The van der Waals surface area contributed by atoms with Gasteiger partial charge in [-0.3, -0.25) is 4.79 Å². The Morgan fingerprint density at radius 2 is 2.13 bits per heavy atom. The van der Waals surface area contributed by atoms with Crippen LogP contribution in [0.1, 0.15) is 39.0 Å². The molecule has 1 aliphatic carbocycles. The summed E-state index contributed by atoms with van der Waals surface area (Å²) in [6, 6.07) is 0.680. The van der Waals surface area contributed by atoms with Gasteiger partial charge in [0, 0.05) is 19.6 Å². The highest BCUT2D eigenvalue weighted by Gasteiger charge is 2.31. The summed E-state index contributed by atoms with van der Waals surface area (Å²) in [5, 5.41) is 3.54. The maximum Gasteiger partial charge on any atom is 0.239 e. The minimum Gasteiger partial charge on any atom is -0.344 e. The second-order valence-corrected chi connectivity index (χ2v) is 5.24. The minimum absolute atomic E-state index is 0.102. The van der Waals surface area contributed by atoms with Crippen LogP contribution in [0.4, 0.5) is 0 Å². The molecule has 1 aliphatic heterocycles. The number of hydrogen-bond donors (Lipinski definition) is 1. The van der Waals surface area contributed by atoms with Gasteiger partial charge in [-0.15, -0.1) is 0 Å². The van der Waals surface area contributed by atoms with Gasteiger partial charge in [0.25, 0.3) is 0 Å². The Hall–Kier alpha value is -0.570. The predicted octanol–water partition coefficient (Wildman–Crippen LogP) is 1.39. The van der Waals surface area contributed by atoms with E-state index in [1.807, 2.05) is 11.9 Å². The molecule has 1 saturated heterocycles. The molecule has 2 rings (SSSR count). The molecule has 0 spiro atoms. The maximum absolute atomic E-state index is 11.7. The number of hydrogen-bond acceptors (Lipinski definition) is 2. The summed E-state index contributed by atoms with van der Waals surface area (Å²) < 4.78 is 0. The molecule has 3 heteroatoms. The maximum atomic E-state index is 11.7. The number of carbonyl (C=O) groups excluding carboxylic acids is 1. The third-order valence-electron chi connectivity index (χ3n) is 3.80. The van der Waals surface area contributed by atoms with Gasteiger partial charge in [0.05, 0.1) is 6.04 Å². The molecular formula is C12H22N2O. The van der Waals surface area contributed by atoms with Gasteiger partial charge in [-0.2, -0.15) is 0 Å². The van der Waals surface area contributed by atoms with E-state index in [4.69, 9.17) is 0 Å². The van der Waals surface area contributed by atoms with Crippen molar-refractivity contribution in [3.05, 3.63) is 0 Å². The van der Waals surface area contributed by atoms with E-state index in [9.17, 15) is 4.79 Å². The zero-order valence-electron chi connectivity index (χ0n) is 9.83. The molecular weight excluding hydrogens is 188 g/mol. The summed E-state index contributed by atoms with van der Waals surface area (Å²) in [6.07, 6.45) is 6.15. The lowest BCUT2D eigenvalue weighted by molar-refractivity contribution is -0.128. The zero-order chi connectivity index (χ0) is 10.8. The summed E-state index contributed by atoms with van der Waals surface area (Å²) in [7, 11) is 1.90. The first kappa shape index (κ1) is 10.9. The molecule has 2 aliphatic rings. The van der Waals surface area contributed by atoms with Crippen LogP contribution in [0.2, 0.25) is 0 Å². The molecule has 1 amide bonds. The number of nitrogens with one attached hydrogen (secondary N) is 1. The van der Waals surface area contributed by atoms with Gasteiger partial charge in [-0.25, -0.2) is 0 Å². The molecule has 1 saturated carbocycles. The molecule has 1 N–H and O–H groups in total. The number of carbonyl (C=O) groups is 1. The Labute approximate surface area is 92.2 Å². The van der Waals surface area contributed by atoms with Gasteiger partial charge in [0.15, 0.2) is 0 Å². The summed E-state index contributed by atoms with van der Waals surface area (Å²) in [5.41, 5.74) is 0. The fourth-order valence-corrected chi connectivity index (χ4v) is 2.85. The average molecular weight is 210 g/mol. The van der Waals surface area contributed by atoms with E-state index in [2.05, 4.69) is 12.2 Å². The van der Waals surface area contributed by atoms with Crippen LogP contribution in [0.3, 0.4) is 0 Å². The van der Waals surface area contributed by atoms with Crippen LogP contribution in [-0.2, 0) is 4.79 Å². The van der Waals surface area contributed by atoms with E-state index in [1.54, 1.807) is 0 Å². The lowest BCUT2D eigenvalue weighted by atomic mass is 9.86. The van der Waals surface area contributed by atoms with Gasteiger partial charge in [0.2, 0.25) is 5.91 Å². The summed E-state index contributed by atoms with van der Waals surface area (Å²) in [6.45, 7) is 3.23. The Kier molecular flexibility index (Phi) is 3.29. The molecule has 0 bridgehead atoms. The second kappa shape index (κ2) is 4.52. The zero-order valence-corrected chi connectivity index (χ0v) is 9.83. The van der Waals surface area contributed by atoms with Crippen LogP contribution < -0.4 is 5.32 Å². The first-order chi connectivity index (χ1) is 7.16. The number of likely N-dealkylation sites (tertiary alicyclic amines) is 1. The van der Waals surface area contributed by atoms with Crippen LogP contribution in [0.15, 0.2) is 0 Å². The van der Waals surface area contributed by atoms with Crippen molar-refractivity contribution in [2.75, 3.05) is 13.6 Å². The quantitative estimate of drug-likeness (QED) is 0.747. The van der Waals surface area contributed by atoms with Gasteiger partial charge in [0.1, 0.15) is 0 Å². The van der Waals surface area contributed by atoms with E-state index in [-0.39, 0.29) is 11.9 Å². The van der Waals surface area contributed by atoms with Gasteiger partial charge in [-0.05, 0) is 25.2 Å². The molecule has 2 fully saturated rings. The lowest BCUT2D eigenvalue weighted by Gasteiger charge is -2.29. The molecule has 3 unspecified atom stereocenters. The van der Waals surface area contributed by atoms with E-state index in [1.165, 1.54) is 25.7 Å². The molecule has 0 aromatic carbocycles. The number of nitrogens with zero attached hydrogens (tertiary/aromatic N) is 1. The molecule has 86 valence electrons. The Morgan fingerprint density at radius 1 is 1.33 bits per heavy atom. The fraction of sp³-hybridized carbons (Fsp3) is 0.917. The third-order valence-corrected chi connectivity index (χ3v) is 3.80. The molecule has 1 heterocycles. The highest BCUT2D eigenvalue weighted by atomic mass is 16.2. The average Bonchev–Trinajstić information content (AvgIpc) is 2.50. The van der Waals surface area contributed by atoms with Crippen molar-refractivity contribution in [1.82, 2.24) is 10.2 Å². The van der Waals surface area contributed by atoms with Crippen molar-refractivity contribution in [3.63, 3.8) is 0 Å². The highest BCUT2D eigenvalue weighted by molar-refractivity contribution is 5.83. The van der Waals surface area contributed by atoms with E-state index in [0.717, 1.165) is 18.9 Å². The van der Waals surface area contributed by atoms with Crippen molar-refractivity contribution in [2.45, 2.75) is 51.1 Å². The monoisotopic (exact) mass is 210 g/mol. The number of likely N-dealkylation sites (N-methyl/N-ethyl adjacent to an activating group) is 1. The van der Waals surface area contributed by atoms with Crippen molar-refractivity contribution >= 4 is 5.91 Å². The van der Waals surface area contributed by atoms with Crippen LogP contribution in [0, 0.1) is 5.92 Å². The Morgan fingerprint density at radius 3 is 2.73 bits per heavy atom. The topological polar surface area (TPSA) is 32.3 Å². The molecule has 0 radical (unpaired) electrons. The highest BCUT2D eigenvalue weighted by Crippen LogP contribution is 2.24. The molecule has 15 heavy (non-hydrogen) atoms. The minimum atomic E-state index is 0.102. The molecule has 0 aromatic heterocycles. The second-order valence-electron chi connectivity index (χ2n) is 5.24. The summed E-state index contributed by atoms with van der Waals surface area (Å²) in [5.74, 6) is 1.11. The summed E-state index contributed by atoms with van der Waals surface area (Å²) in [4.78, 5) is 13.6. The normalized spacial score (nSPS) is 37.3. The molecule has 3 nitrogen and oxygen atoms in total. The van der Waals surface area contributed by atoms with Crippen molar-refractivity contribution in [1.29, 1.82) is 0 Å². The van der Waals surface area contributed by atoms with Gasteiger partial charge in [-0.1, -0.05) is 19.8 Å². The Balaban J connectivity index is 1.83. The van der Waals surface area contributed by atoms with E-state index >= 15 is 0 Å². The van der Waals surface area contributed by atoms with E-state index < -0.39 is 0 Å². The molecule has 0 aromatic rings. The van der Waals surface area contributed by atoms with Crippen molar-refractivity contribution in [3.8, 4) is 0 Å². The van der Waals surface area contributed by atoms with Gasteiger partial charge >= 0.3 is 0 Å². The van der Waals surface area contributed by atoms with Crippen LogP contribution in [0.5, 0.6) is 0 Å². The first-order valence-electron chi connectivity index (χ1n) is 6.18. The van der Waals surface area contributed by atoms with Crippen LogP contribution in [-0.4, -0.2) is 36.5 Å². The largest absolute Gasteiger partial charge is 0.344 e. The SMILES string of the molecule is CC1CCCC(NC2CCN(C)C2=O)C1. The fourth-order valence-electron chi connectivity index (χ4n) is 2.85. The summed E-state index contributed by atoms with van der Waals surface area (Å²) >= 11 is 0. The molecule has 3 atom stereocenters. The Bertz CT molecular complexity index is 242.